The van der Waals surface area contributed by atoms with Crippen LogP contribution in [0.1, 0.15) is 129 Å². The molecule has 0 aliphatic heterocycles. The third kappa shape index (κ3) is 37.3. The Hall–Kier alpha value is -4.01. The van der Waals surface area contributed by atoms with Crippen LogP contribution in [0.2, 0.25) is 0 Å². The second-order valence-corrected chi connectivity index (χ2v) is 15.0. The molecule has 0 aromatic heterocycles. The van der Waals surface area contributed by atoms with Crippen molar-refractivity contribution in [2.45, 2.75) is 142 Å². The summed E-state index contributed by atoms with van der Waals surface area (Å²) in [7, 11) is 5.37. The van der Waals surface area contributed by atoms with E-state index in [0.29, 0.717) is 12.8 Å². The lowest BCUT2D eigenvalue weighted by Crippen LogP contribution is -2.55. The highest BCUT2D eigenvalue weighted by Gasteiger charge is 2.25. The Morgan fingerprint density at radius 1 is 0.544 bits per heavy atom. The van der Waals surface area contributed by atoms with E-state index in [2.05, 4.69) is 50.3 Å². The van der Waals surface area contributed by atoms with E-state index in [4.69, 9.17) is 14.2 Å². The molecule has 0 heterocycles. The van der Waals surface area contributed by atoms with Crippen LogP contribution in [-0.4, -0.2) is 75.5 Å². The number of aliphatic carboxylic acids is 1. The minimum absolute atomic E-state index is 0.0143. The fraction of sp³-hybridized carbons (Fsp3) is 0.571. The number of nitrogens with zero attached hydrogens (tertiary/aromatic N) is 1. The Morgan fingerprint density at radius 2 is 1.02 bits per heavy atom. The van der Waals surface area contributed by atoms with Crippen LogP contribution < -0.4 is 5.11 Å². The predicted octanol–water partition coefficient (Wildman–Crippen LogP) is 10.4. The predicted molar refractivity (Wildman–Crippen MR) is 235 cm³/mol. The average molecular weight is 792 g/mol. The number of esters is 2. The molecule has 0 rings (SSSR count). The Balaban J connectivity index is 4.50. The van der Waals surface area contributed by atoms with Crippen LogP contribution in [0.3, 0.4) is 0 Å². The van der Waals surface area contributed by atoms with Gasteiger partial charge in [0.2, 0.25) is 0 Å². The Labute approximate surface area is 347 Å². The molecule has 0 saturated carbocycles. The van der Waals surface area contributed by atoms with Crippen LogP contribution in [-0.2, 0) is 28.6 Å². The highest BCUT2D eigenvalue weighted by molar-refractivity contribution is 5.70. The molecule has 0 amide bonds. The maximum Gasteiger partial charge on any atom is 0.306 e. The van der Waals surface area contributed by atoms with Gasteiger partial charge in [0.05, 0.1) is 40.3 Å². The monoisotopic (exact) mass is 792 g/mol. The zero-order valence-electron chi connectivity index (χ0n) is 36.2. The smallest absolute Gasteiger partial charge is 0.306 e. The van der Waals surface area contributed by atoms with Crippen LogP contribution in [0.4, 0.5) is 0 Å². The van der Waals surface area contributed by atoms with Crippen molar-refractivity contribution in [2.24, 2.45) is 0 Å². The summed E-state index contributed by atoms with van der Waals surface area (Å²) in [5, 5.41) is 11.6. The van der Waals surface area contributed by atoms with Gasteiger partial charge in [-0.05, 0) is 57.8 Å². The molecular weight excluding hydrogens is 715 g/mol. The van der Waals surface area contributed by atoms with Crippen LogP contribution in [0.25, 0.3) is 0 Å². The maximum absolute atomic E-state index is 12.7. The molecule has 8 heteroatoms. The van der Waals surface area contributed by atoms with Gasteiger partial charge >= 0.3 is 11.9 Å². The molecular formula is C49H77NO7. The molecule has 0 radical (unpaired) electrons. The summed E-state index contributed by atoms with van der Waals surface area (Å²) in [6.07, 6.45) is 52.5. The quantitative estimate of drug-likeness (QED) is 0.0205. The number of ether oxygens (including phenoxy) is 3. The van der Waals surface area contributed by atoms with Gasteiger partial charge in [-0.15, -0.1) is 0 Å². The number of hydrogen-bond acceptors (Lipinski definition) is 7. The van der Waals surface area contributed by atoms with Gasteiger partial charge in [0, 0.05) is 19.3 Å². The molecule has 57 heavy (non-hydrogen) atoms. The minimum Gasteiger partial charge on any atom is -0.544 e. The molecule has 0 bridgehead atoms. The zero-order chi connectivity index (χ0) is 42.1. The molecule has 2 atom stereocenters. The molecule has 0 fully saturated rings. The van der Waals surface area contributed by atoms with Gasteiger partial charge in [-0.25, -0.2) is 0 Å². The fourth-order valence-electron chi connectivity index (χ4n) is 5.56. The summed E-state index contributed by atoms with van der Waals surface area (Å²) in [6.45, 7) is 4.32. The second-order valence-electron chi connectivity index (χ2n) is 15.0. The molecule has 0 aliphatic carbocycles. The number of carbonyl (C=O) groups is 3. The number of carbonyl (C=O) groups excluding carboxylic acids is 3. The van der Waals surface area contributed by atoms with Gasteiger partial charge in [-0.2, -0.15) is 0 Å². The summed E-state index contributed by atoms with van der Waals surface area (Å²) in [5.41, 5.74) is 0. The highest BCUT2D eigenvalue weighted by atomic mass is 16.6. The van der Waals surface area contributed by atoms with Crippen LogP contribution >= 0.6 is 0 Å². The van der Waals surface area contributed by atoms with Gasteiger partial charge in [0.1, 0.15) is 12.6 Å². The van der Waals surface area contributed by atoms with E-state index in [-0.39, 0.29) is 49.1 Å². The van der Waals surface area contributed by atoms with Crippen molar-refractivity contribution in [1.29, 1.82) is 0 Å². The molecule has 8 nitrogen and oxygen atoms in total. The first kappa shape index (κ1) is 53.0. The number of quaternary nitrogens is 1. The van der Waals surface area contributed by atoms with Crippen molar-refractivity contribution in [3.05, 3.63) is 109 Å². The SMILES string of the molecule is CC/C=C/C=C/C=C/C=C/C=C/C=C/C=C/CCCCCC(=O)OCC(COCCC(C(=O)[O-])[N+](C)(C)C)OC(=O)CCCCCCCCC/C=C/C/C=C/CC. The van der Waals surface area contributed by atoms with Gasteiger partial charge in [0.15, 0.2) is 6.10 Å². The summed E-state index contributed by atoms with van der Waals surface area (Å²) >= 11 is 0. The first-order valence-corrected chi connectivity index (χ1v) is 21.5. The van der Waals surface area contributed by atoms with E-state index >= 15 is 0 Å². The lowest BCUT2D eigenvalue weighted by Gasteiger charge is -2.34. The van der Waals surface area contributed by atoms with Crippen molar-refractivity contribution in [3.8, 4) is 0 Å². The molecule has 0 saturated heterocycles. The lowest BCUT2D eigenvalue weighted by molar-refractivity contribution is -0.889. The molecule has 0 N–H and O–H groups in total. The number of rotatable bonds is 36. The topological polar surface area (TPSA) is 102 Å². The summed E-state index contributed by atoms with van der Waals surface area (Å²) in [6, 6.07) is -0.741. The highest BCUT2D eigenvalue weighted by Crippen LogP contribution is 2.13. The van der Waals surface area contributed by atoms with E-state index in [0.717, 1.165) is 70.6 Å². The number of hydrogen-bond donors (Lipinski definition) is 0. The molecule has 2 unspecified atom stereocenters. The molecule has 0 spiro atoms. The number of carboxylic acids is 1. The number of likely N-dealkylation sites (N-methyl/N-ethyl adjacent to an activating group) is 1. The first-order valence-electron chi connectivity index (χ1n) is 21.5. The number of allylic oxidation sites excluding steroid dienone is 18. The maximum atomic E-state index is 12.7. The third-order valence-corrected chi connectivity index (χ3v) is 8.85. The van der Waals surface area contributed by atoms with E-state index in [1.54, 1.807) is 21.1 Å². The third-order valence-electron chi connectivity index (χ3n) is 8.85. The van der Waals surface area contributed by atoms with Gasteiger partial charge in [0.25, 0.3) is 0 Å². The largest absolute Gasteiger partial charge is 0.544 e. The van der Waals surface area contributed by atoms with E-state index < -0.39 is 18.1 Å². The van der Waals surface area contributed by atoms with Crippen molar-refractivity contribution >= 4 is 17.9 Å². The number of unbranched alkanes of at least 4 members (excludes halogenated alkanes) is 10. The van der Waals surface area contributed by atoms with E-state index in [1.165, 1.54) is 19.3 Å². The van der Waals surface area contributed by atoms with Crippen molar-refractivity contribution < 1.29 is 38.2 Å². The summed E-state index contributed by atoms with van der Waals surface area (Å²) in [4.78, 5) is 36.8. The van der Waals surface area contributed by atoms with E-state index in [1.807, 2.05) is 72.9 Å². The Morgan fingerprint density at radius 3 is 1.58 bits per heavy atom. The van der Waals surface area contributed by atoms with Crippen LogP contribution in [0.15, 0.2) is 109 Å². The summed E-state index contributed by atoms with van der Waals surface area (Å²) < 4.78 is 17.1. The second kappa shape index (κ2) is 38.8. The minimum atomic E-state index is -1.14. The zero-order valence-corrected chi connectivity index (χ0v) is 36.2. The standard InChI is InChI=1S/C49H77NO7/c1-6-8-10-12-14-16-18-20-22-23-24-25-26-28-29-31-33-35-37-39-47(51)56-44-45(43-55-42-41-46(49(53)54)50(3,4)5)57-48(52)40-38-36-34-32-30-27-21-19-17-15-13-11-9-7-2/h8-12,14-18,20,22-26,28-29,45-46H,6-7,13,19,21,27,30-44H2,1-5H3/b10-8+,11-9+,14-12+,17-15+,18-16+,22-20+,24-23+,26-25+,29-28+. The van der Waals surface area contributed by atoms with Gasteiger partial charge < -0.3 is 28.6 Å². The number of carboxylic acid groups (broad SMARTS) is 1. The molecule has 0 aliphatic rings. The normalized spacial score (nSPS) is 14.1. The summed E-state index contributed by atoms with van der Waals surface area (Å²) in [5.74, 6) is -1.82. The lowest BCUT2D eigenvalue weighted by atomic mass is 10.1. The van der Waals surface area contributed by atoms with Gasteiger partial charge in [-0.3, -0.25) is 9.59 Å². The van der Waals surface area contributed by atoms with Crippen molar-refractivity contribution in [2.75, 3.05) is 41.0 Å². The Kier molecular flexibility index (Phi) is 36.1. The molecule has 0 aromatic carbocycles. The van der Waals surface area contributed by atoms with Crippen molar-refractivity contribution in [3.63, 3.8) is 0 Å². The Bertz CT molecular complexity index is 1290. The van der Waals surface area contributed by atoms with Crippen molar-refractivity contribution in [1.82, 2.24) is 0 Å². The molecule has 0 aromatic rings. The van der Waals surface area contributed by atoms with E-state index in [9.17, 15) is 19.5 Å². The molecule has 320 valence electrons. The van der Waals surface area contributed by atoms with Gasteiger partial charge in [-0.1, -0.05) is 162 Å². The average Bonchev–Trinajstić information content (AvgIpc) is 3.17. The van der Waals surface area contributed by atoms with Crippen LogP contribution in [0.5, 0.6) is 0 Å². The van der Waals surface area contributed by atoms with Crippen LogP contribution in [0, 0.1) is 0 Å². The first-order chi connectivity index (χ1) is 27.6. The fourth-order valence-corrected chi connectivity index (χ4v) is 5.56.